The number of hydrogen-bond donors (Lipinski definition) is 2. The van der Waals surface area contributed by atoms with Crippen LogP contribution in [-0.4, -0.2) is 87.8 Å². The molecule has 4 aromatic heterocycles. The van der Waals surface area contributed by atoms with Gasteiger partial charge in [-0.15, -0.1) is 12.4 Å². The summed E-state index contributed by atoms with van der Waals surface area (Å²) in [7, 11) is 3.24. The molecule has 0 saturated heterocycles. The molecule has 3 amide bonds. The number of rotatable bonds is 7. The first-order valence-electron chi connectivity index (χ1n) is 18.2. The van der Waals surface area contributed by atoms with Crippen LogP contribution in [-0.2, 0) is 27.2 Å². The fourth-order valence-electron chi connectivity index (χ4n) is 5.94. The van der Waals surface area contributed by atoms with Gasteiger partial charge in [-0.05, 0) is 49.2 Å². The van der Waals surface area contributed by atoms with E-state index in [1.807, 2.05) is 60.7 Å². The molecule has 2 aromatic carbocycles. The predicted octanol–water partition coefficient (Wildman–Crippen LogP) is 1.96. The van der Waals surface area contributed by atoms with Gasteiger partial charge < -0.3 is 39.6 Å². The summed E-state index contributed by atoms with van der Waals surface area (Å²) in [6.45, 7) is 3.49. The number of anilines is 2. The van der Waals surface area contributed by atoms with Gasteiger partial charge in [0.2, 0.25) is 5.91 Å². The number of hydrogen-bond acceptors (Lipinski definition) is 14. The van der Waals surface area contributed by atoms with E-state index in [9.17, 15) is 19.2 Å². The second-order valence-corrected chi connectivity index (χ2v) is 13.3. The van der Waals surface area contributed by atoms with E-state index in [0.29, 0.717) is 47.5 Å². The van der Waals surface area contributed by atoms with E-state index >= 15 is 0 Å². The van der Waals surface area contributed by atoms with Crippen molar-refractivity contribution in [2.45, 2.75) is 58.4 Å². The van der Waals surface area contributed by atoms with Crippen molar-refractivity contribution in [2.75, 3.05) is 23.9 Å². The SMILES string of the molecule is C.C[C@H]1Oc2cccnc2N(C)C(=O)[C@H]1N.C[C@H]1Oc2cccnc2N(C)C(=O)[C@H]1NC(=O)c1ncc(Cc2ccccc2)o1.Cl.O=[C-]c1ncc(Cc2ccccc2)o1.[Li+].[OH-]. The Kier molecular flexibility index (Phi) is 20.2. The van der Waals surface area contributed by atoms with Crippen molar-refractivity contribution in [1.29, 1.82) is 0 Å². The van der Waals surface area contributed by atoms with Crippen LogP contribution in [0.15, 0.2) is 119 Å². The van der Waals surface area contributed by atoms with Gasteiger partial charge in [0.25, 0.3) is 11.8 Å². The van der Waals surface area contributed by atoms with Gasteiger partial charge in [-0.25, -0.2) is 15.0 Å². The maximum atomic E-state index is 12.9. The zero-order valence-electron chi connectivity index (χ0n) is 34.0. The van der Waals surface area contributed by atoms with Crippen LogP contribution >= 0.6 is 12.4 Å². The van der Waals surface area contributed by atoms with Crippen LogP contribution in [0.2, 0.25) is 0 Å². The Labute approximate surface area is 377 Å². The molecule has 0 fully saturated rings. The van der Waals surface area contributed by atoms with Crippen LogP contribution in [0.25, 0.3) is 0 Å². The van der Waals surface area contributed by atoms with E-state index in [2.05, 4.69) is 25.3 Å². The Morgan fingerprint density at radius 1 is 0.726 bits per heavy atom. The number of fused-ring (bicyclic) bond motifs is 2. The second-order valence-electron chi connectivity index (χ2n) is 13.3. The number of nitrogens with zero attached hydrogens (tertiary/aromatic N) is 6. The average Bonchev–Trinajstić information content (AvgIpc) is 3.89. The summed E-state index contributed by atoms with van der Waals surface area (Å²) in [5, 5.41) is 2.68. The number of halogens is 1. The van der Waals surface area contributed by atoms with Crippen molar-refractivity contribution >= 4 is 48.1 Å². The van der Waals surface area contributed by atoms with Gasteiger partial charge in [-0.1, -0.05) is 68.1 Å². The van der Waals surface area contributed by atoms with Crippen molar-refractivity contribution in [3.05, 3.63) is 144 Å². The fourth-order valence-corrected chi connectivity index (χ4v) is 5.94. The number of amides is 3. The first-order chi connectivity index (χ1) is 28.0. The van der Waals surface area contributed by atoms with Gasteiger partial charge in [-0.3, -0.25) is 29.2 Å². The van der Waals surface area contributed by atoms with Gasteiger partial charge in [-0.2, -0.15) is 6.29 Å². The third kappa shape index (κ3) is 12.8. The molecule has 17 nitrogen and oxygen atoms in total. The number of benzene rings is 2. The number of aromatic nitrogens is 4. The molecular weight excluding hydrogens is 815 g/mol. The Balaban J connectivity index is 0.000000341. The molecule has 2 aliphatic heterocycles. The Bertz CT molecular complexity index is 2350. The third-order valence-corrected chi connectivity index (χ3v) is 9.07. The molecule has 0 aliphatic carbocycles. The minimum Gasteiger partial charge on any atom is -0.870 e. The fraction of sp³-hybridized carbons (Fsp3) is 0.256. The molecule has 6 heterocycles. The van der Waals surface area contributed by atoms with Gasteiger partial charge in [0, 0.05) is 39.3 Å². The summed E-state index contributed by atoms with van der Waals surface area (Å²) in [5.41, 5.74) is 7.92. The number of carbonyl (C=O) groups excluding carboxylic acids is 4. The molecular formula is C43H47ClLiN8O9-. The predicted molar refractivity (Wildman–Crippen MR) is 227 cm³/mol. The largest absolute Gasteiger partial charge is 1.00 e. The van der Waals surface area contributed by atoms with Crippen molar-refractivity contribution in [3.63, 3.8) is 0 Å². The summed E-state index contributed by atoms with van der Waals surface area (Å²) >= 11 is 0. The standard InChI is InChI=1S/C21H20N4O4.C11H8NO2.C10H13N3O2.CH4.ClH.Li.H2O/c1-13-17(21(27)25(2)18-16(28-13)9-6-10-22-18)24-19(26)20-23-12-15(29-20)11-14-7-4-3-5-8-14;13-8-11-12-7-10(14-11)6-9-4-2-1-3-5-9;1-6-8(11)10(14)13(2)9-7(15-6)4-3-5-12-9;;;;/h3-10,12-13,17H,11H2,1-2H3,(H,24,26);1-5,7H,6H2;3-6,8H,11H2,1-2H3;1H4;1H;;1H2/q;-1;;;;+1;/p-1/t13-,17+;;6-,8+;;;;/m1.1..../s1. The number of nitrogens with two attached hydrogens (primary N) is 1. The van der Waals surface area contributed by atoms with Crippen LogP contribution in [0.3, 0.4) is 0 Å². The average molecular weight is 862 g/mol. The molecule has 0 bridgehead atoms. The maximum absolute atomic E-state index is 12.9. The second kappa shape index (κ2) is 24.2. The number of oxazole rings is 2. The summed E-state index contributed by atoms with van der Waals surface area (Å²) in [4.78, 5) is 66.4. The van der Waals surface area contributed by atoms with E-state index in [-0.39, 0.29) is 73.9 Å². The summed E-state index contributed by atoms with van der Waals surface area (Å²) in [6, 6.07) is 25.0. The summed E-state index contributed by atoms with van der Waals surface area (Å²) in [5.74, 6) is 2.05. The quantitative estimate of drug-likeness (QED) is 0.172. The normalized spacial score (nSPS) is 17.1. The van der Waals surface area contributed by atoms with Crippen LogP contribution in [0.5, 0.6) is 11.5 Å². The van der Waals surface area contributed by atoms with E-state index in [1.165, 1.54) is 16.0 Å². The van der Waals surface area contributed by atoms with Crippen LogP contribution in [0.4, 0.5) is 11.6 Å². The molecule has 62 heavy (non-hydrogen) atoms. The molecule has 19 heteroatoms. The smallest absolute Gasteiger partial charge is 0.870 e. The van der Waals surface area contributed by atoms with Gasteiger partial charge in [0.15, 0.2) is 23.1 Å². The van der Waals surface area contributed by atoms with E-state index in [4.69, 9.17) is 24.0 Å². The molecule has 4 atom stereocenters. The van der Waals surface area contributed by atoms with Crippen molar-refractivity contribution in [1.82, 2.24) is 25.3 Å². The topological polar surface area (TPSA) is 239 Å². The molecule has 2 aliphatic rings. The Morgan fingerprint density at radius 3 is 1.73 bits per heavy atom. The Morgan fingerprint density at radius 2 is 1.21 bits per heavy atom. The molecule has 322 valence electrons. The summed E-state index contributed by atoms with van der Waals surface area (Å²) in [6.07, 6.45) is 8.10. The van der Waals surface area contributed by atoms with Crippen LogP contribution in [0, 0.1) is 0 Å². The van der Waals surface area contributed by atoms with E-state index in [0.717, 1.165) is 11.1 Å². The monoisotopic (exact) mass is 861 g/mol. The molecule has 8 rings (SSSR count). The molecule has 4 N–H and O–H groups in total. The first-order valence-corrected chi connectivity index (χ1v) is 18.2. The number of nitrogens with one attached hydrogen (secondary N) is 1. The molecule has 0 radical (unpaired) electrons. The Hall–Kier alpha value is -6.35. The van der Waals surface area contributed by atoms with E-state index < -0.39 is 24.1 Å². The number of likely N-dealkylation sites (N-methyl/N-ethyl adjacent to an activating group) is 2. The zero-order chi connectivity index (χ0) is 41.2. The minimum absolute atomic E-state index is 0. The van der Waals surface area contributed by atoms with Gasteiger partial charge in [0.1, 0.15) is 35.8 Å². The van der Waals surface area contributed by atoms with Crippen molar-refractivity contribution < 1.29 is 61.8 Å². The molecule has 6 aromatic rings. The van der Waals surface area contributed by atoms with Crippen LogP contribution < -0.4 is 49.2 Å². The zero-order valence-corrected chi connectivity index (χ0v) is 34.8. The van der Waals surface area contributed by atoms with Gasteiger partial charge >= 0.3 is 24.8 Å². The number of carbonyl (C=O) groups is 3. The number of ether oxygens (including phenoxy) is 2. The maximum Gasteiger partial charge on any atom is 1.00 e. The first kappa shape index (κ1) is 51.8. The van der Waals surface area contributed by atoms with E-state index in [1.54, 1.807) is 77.1 Å². The molecule has 0 saturated carbocycles. The number of pyridine rings is 2. The summed E-state index contributed by atoms with van der Waals surface area (Å²) < 4.78 is 22.1. The molecule has 0 unspecified atom stereocenters. The van der Waals surface area contributed by atoms with Crippen molar-refractivity contribution in [2.24, 2.45) is 5.73 Å². The third-order valence-electron chi connectivity index (χ3n) is 9.07. The minimum atomic E-state index is -0.911. The van der Waals surface area contributed by atoms with Gasteiger partial charge in [0.05, 0.1) is 18.3 Å². The van der Waals surface area contributed by atoms with Crippen LogP contribution in [0.1, 0.15) is 60.5 Å². The molecule has 0 spiro atoms. The van der Waals surface area contributed by atoms with Crippen molar-refractivity contribution in [3.8, 4) is 11.5 Å².